The maximum absolute atomic E-state index is 13.2. The second-order valence-electron chi connectivity index (χ2n) is 4.86. The fourth-order valence-electron chi connectivity index (χ4n) is 2.19. The highest BCUT2D eigenvalue weighted by molar-refractivity contribution is 5.99. The van der Waals surface area contributed by atoms with Gasteiger partial charge in [-0.15, -0.1) is 0 Å². The minimum Gasteiger partial charge on any atom is -0.480 e. The van der Waals surface area contributed by atoms with Crippen LogP contribution in [0.4, 0.5) is 10.1 Å². The number of hydrogen-bond donors (Lipinski definition) is 2. The molecule has 0 spiro atoms. The molecule has 1 unspecified atom stereocenters. The number of carboxylic acids is 1. The largest absolute Gasteiger partial charge is 0.480 e. The number of carbonyl (C=O) groups excluding carboxylic acids is 1. The van der Waals surface area contributed by atoms with Crippen molar-refractivity contribution in [2.75, 3.05) is 13.1 Å². The van der Waals surface area contributed by atoms with Crippen LogP contribution in [0.2, 0.25) is 0 Å². The Bertz CT molecular complexity index is 635. The molecule has 8 nitrogen and oxygen atoms in total. The first-order valence-corrected chi connectivity index (χ1v) is 6.00. The van der Waals surface area contributed by atoms with E-state index >= 15 is 0 Å². The average Bonchev–Trinajstić information content (AvgIpc) is 2.81. The summed E-state index contributed by atoms with van der Waals surface area (Å²) in [5.74, 6) is -2.86. The summed E-state index contributed by atoms with van der Waals surface area (Å²) in [5, 5.41) is 19.9. The number of nitro groups is 1. The van der Waals surface area contributed by atoms with E-state index < -0.39 is 39.4 Å². The molecule has 1 aromatic rings. The first-order chi connectivity index (χ1) is 9.74. The molecule has 0 aromatic heterocycles. The molecule has 0 saturated carbocycles. The third-order valence-electron chi connectivity index (χ3n) is 3.40. The predicted molar refractivity (Wildman–Crippen MR) is 68.1 cm³/mol. The minimum atomic E-state index is -1.59. The molecular weight excluding hydrogens is 285 g/mol. The van der Waals surface area contributed by atoms with Crippen LogP contribution in [0.15, 0.2) is 18.2 Å². The van der Waals surface area contributed by atoms with Crippen LogP contribution in [-0.4, -0.2) is 45.4 Å². The Kier molecular flexibility index (Phi) is 3.60. The average molecular weight is 297 g/mol. The van der Waals surface area contributed by atoms with Gasteiger partial charge < -0.3 is 15.7 Å². The summed E-state index contributed by atoms with van der Waals surface area (Å²) in [4.78, 5) is 34.4. The zero-order valence-electron chi connectivity index (χ0n) is 10.8. The number of rotatable bonds is 3. The topological polar surface area (TPSA) is 127 Å². The molecule has 112 valence electrons. The van der Waals surface area contributed by atoms with Gasteiger partial charge in [0, 0.05) is 19.2 Å². The second kappa shape index (κ2) is 5.09. The highest BCUT2D eigenvalue weighted by Gasteiger charge is 2.43. The zero-order chi connectivity index (χ0) is 15.8. The smallest absolute Gasteiger partial charge is 0.325 e. The highest BCUT2D eigenvalue weighted by Crippen LogP contribution is 2.25. The number of carboxylic acid groups (broad SMARTS) is 1. The molecule has 1 atom stereocenters. The van der Waals surface area contributed by atoms with Gasteiger partial charge in [0.1, 0.15) is 16.9 Å². The lowest BCUT2D eigenvalue weighted by molar-refractivity contribution is -0.385. The number of nitro benzene ring substituents is 1. The fraction of sp³-hybridized carbons (Fsp3) is 0.333. The summed E-state index contributed by atoms with van der Waals surface area (Å²) < 4.78 is 13.2. The molecule has 9 heteroatoms. The van der Waals surface area contributed by atoms with E-state index in [4.69, 9.17) is 10.8 Å². The van der Waals surface area contributed by atoms with Gasteiger partial charge in [0.2, 0.25) is 0 Å². The molecule has 1 aromatic carbocycles. The van der Waals surface area contributed by atoms with E-state index in [1.807, 2.05) is 0 Å². The standard InChI is InChI=1S/C12H12FN3O5/c13-7-1-2-9(16(20)21)8(5-7)10(17)15-4-3-12(14,6-15)11(18)19/h1-2,5H,3-4,6,14H2,(H,18,19). The van der Waals surface area contributed by atoms with E-state index in [1.54, 1.807) is 0 Å². The number of nitrogens with two attached hydrogens (primary N) is 1. The van der Waals surface area contributed by atoms with Crippen molar-refractivity contribution in [2.45, 2.75) is 12.0 Å². The summed E-state index contributed by atoms with van der Waals surface area (Å²) in [6.45, 7) is -0.246. The SMILES string of the molecule is NC1(C(=O)O)CCN(C(=O)c2cc(F)ccc2[N+](=O)[O-])C1. The highest BCUT2D eigenvalue weighted by atomic mass is 19.1. The van der Waals surface area contributed by atoms with E-state index in [-0.39, 0.29) is 19.5 Å². The number of likely N-dealkylation sites (tertiary alicyclic amines) is 1. The van der Waals surface area contributed by atoms with Gasteiger partial charge in [-0.25, -0.2) is 4.39 Å². The predicted octanol–water partition coefficient (Wildman–Crippen LogP) is 0.362. The van der Waals surface area contributed by atoms with E-state index in [0.717, 1.165) is 23.1 Å². The maximum Gasteiger partial charge on any atom is 0.325 e. The molecule has 1 aliphatic rings. The van der Waals surface area contributed by atoms with Crippen molar-refractivity contribution in [1.29, 1.82) is 0 Å². The van der Waals surface area contributed by atoms with Crippen LogP contribution in [0.25, 0.3) is 0 Å². The van der Waals surface area contributed by atoms with Gasteiger partial charge in [-0.2, -0.15) is 0 Å². The first kappa shape index (κ1) is 14.9. The Balaban J connectivity index is 2.32. The molecule has 0 aliphatic carbocycles. The number of halogens is 1. The van der Waals surface area contributed by atoms with Crippen LogP contribution in [-0.2, 0) is 4.79 Å². The molecule has 0 radical (unpaired) electrons. The third kappa shape index (κ3) is 2.68. The van der Waals surface area contributed by atoms with Gasteiger partial charge in [0.25, 0.3) is 11.6 Å². The van der Waals surface area contributed by atoms with E-state index in [1.165, 1.54) is 0 Å². The molecule has 1 saturated heterocycles. The van der Waals surface area contributed by atoms with Crippen molar-refractivity contribution in [1.82, 2.24) is 4.90 Å². The van der Waals surface area contributed by atoms with E-state index in [0.29, 0.717) is 0 Å². The number of nitrogens with zero attached hydrogens (tertiary/aromatic N) is 2. The van der Waals surface area contributed by atoms with Crippen molar-refractivity contribution in [3.05, 3.63) is 39.7 Å². The lowest BCUT2D eigenvalue weighted by Crippen LogP contribution is -2.50. The number of aliphatic carboxylic acids is 1. The fourth-order valence-corrected chi connectivity index (χ4v) is 2.19. The van der Waals surface area contributed by atoms with Gasteiger partial charge in [-0.1, -0.05) is 0 Å². The van der Waals surface area contributed by atoms with Crippen LogP contribution < -0.4 is 5.73 Å². The van der Waals surface area contributed by atoms with Crippen LogP contribution >= 0.6 is 0 Å². The molecular formula is C12H12FN3O5. The summed E-state index contributed by atoms with van der Waals surface area (Å²) in [6.07, 6.45) is 0.0250. The number of carbonyl (C=O) groups is 2. The summed E-state index contributed by atoms with van der Waals surface area (Å²) >= 11 is 0. The Labute approximate surface area is 118 Å². The Hall–Kier alpha value is -2.55. The molecule has 1 fully saturated rings. The van der Waals surface area contributed by atoms with E-state index in [9.17, 15) is 24.1 Å². The van der Waals surface area contributed by atoms with Crippen LogP contribution in [0, 0.1) is 15.9 Å². The zero-order valence-corrected chi connectivity index (χ0v) is 10.8. The van der Waals surface area contributed by atoms with Crippen LogP contribution in [0.1, 0.15) is 16.8 Å². The van der Waals surface area contributed by atoms with Crippen molar-refractivity contribution in [3.63, 3.8) is 0 Å². The lowest BCUT2D eigenvalue weighted by Gasteiger charge is -2.20. The third-order valence-corrected chi connectivity index (χ3v) is 3.40. The minimum absolute atomic E-state index is 0.0250. The first-order valence-electron chi connectivity index (χ1n) is 6.00. The van der Waals surface area contributed by atoms with Gasteiger partial charge in [-0.3, -0.25) is 19.7 Å². The summed E-state index contributed by atoms with van der Waals surface area (Å²) in [6, 6.07) is 2.53. The number of hydrogen-bond acceptors (Lipinski definition) is 5. The maximum atomic E-state index is 13.2. The normalized spacial score (nSPS) is 21.3. The van der Waals surface area contributed by atoms with Crippen molar-refractivity contribution in [3.8, 4) is 0 Å². The molecule has 1 amide bonds. The monoisotopic (exact) mass is 297 g/mol. The summed E-state index contributed by atoms with van der Waals surface area (Å²) in [5.41, 5.74) is 3.09. The summed E-state index contributed by atoms with van der Waals surface area (Å²) in [7, 11) is 0. The van der Waals surface area contributed by atoms with Crippen molar-refractivity contribution >= 4 is 17.6 Å². The quantitative estimate of drug-likeness (QED) is 0.612. The molecule has 1 aliphatic heterocycles. The number of amides is 1. The van der Waals surface area contributed by atoms with Crippen molar-refractivity contribution < 1.29 is 24.0 Å². The van der Waals surface area contributed by atoms with Crippen LogP contribution in [0.3, 0.4) is 0 Å². The molecule has 2 rings (SSSR count). The molecule has 1 heterocycles. The van der Waals surface area contributed by atoms with E-state index in [2.05, 4.69) is 0 Å². The molecule has 21 heavy (non-hydrogen) atoms. The van der Waals surface area contributed by atoms with Gasteiger partial charge in [0.15, 0.2) is 0 Å². The number of benzene rings is 1. The van der Waals surface area contributed by atoms with Gasteiger partial charge in [-0.05, 0) is 18.6 Å². The second-order valence-corrected chi connectivity index (χ2v) is 4.86. The Morgan fingerprint density at radius 1 is 1.48 bits per heavy atom. The lowest BCUT2D eigenvalue weighted by atomic mass is 10.0. The van der Waals surface area contributed by atoms with Gasteiger partial charge >= 0.3 is 5.97 Å². The van der Waals surface area contributed by atoms with Crippen LogP contribution in [0.5, 0.6) is 0 Å². The van der Waals surface area contributed by atoms with Crippen molar-refractivity contribution in [2.24, 2.45) is 5.73 Å². The van der Waals surface area contributed by atoms with Gasteiger partial charge in [0.05, 0.1) is 4.92 Å². The molecule has 0 bridgehead atoms. The molecule has 3 N–H and O–H groups in total. The Morgan fingerprint density at radius 2 is 2.14 bits per heavy atom. The Morgan fingerprint density at radius 3 is 2.67 bits per heavy atom.